The largest absolute Gasteiger partial charge is 0.368 e. The van der Waals surface area contributed by atoms with Gasteiger partial charge in [0, 0.05) is 12.2 Å². The SMILES string of the molecule is C=CCn1c(SCc2nc(N)nc(Nc3ccc(F)cc3)n2)nnc1-c1ccccc1F. The highest BCUT2D eigenvalue weighted by molar-refractivity contribution is 7.98. The second-order valence-electron chi connectivity index (χ2n) is 6.54. The van der Waals surface area contributed by atoms with Gasteiger partial charge in [0.15, 0.2) is 11.0 Å². The fraction of sp³-hybridized carbons (Fsp3) is 0.0952. The van der Waals surface area contributed by atoms with E-state index >= 15 is 0 Å². The Morgan fingerprint density at radius 1 is 1.03 bits per heavy atom. The van der Waals surface area contributed by atoms with Crippen molar-refractivity contribution in [3.63, 3.8) is 0 Å². The van der Waals surface area contributed by atoms with Crippen LogP contribution in [-0.2, 0) is 12.3 Å². The molecule has 0 unspecified atom stereocenters. The van der Waals surface area contributed by atoms with Crippen LogP contribution in [0, 0.1) is 11.6 Å². The lowest BCUT2D eigenvalue weighted by molar-refractivity contribution is 0.626. The van der Waals surface area contributed by atoms with Crippen LogP contribution in [0.3, 0.4) is 0 Å². The van der Waals surface area contributed by atoms with Gasteiger partial charge in [-0.05, 0) is 36.4 Å². The molecular formula is C21H18F2N8S. The van der Waals surface area contributed by atoms with E-state index < -0.39 is 0 Å². The first kappa shape index (κ1) is 21.4. The molecule has 0 radical (unpaired) electrons. The molecule has 0 atom stereocenters. The van der Waals surface area contributed by atoms with Crippen molar-refractivity contribution in [3.8, 4) is 11.4 Å². The van der Waals surface area contributed by atoms with Gasteiger partial charge < -0.3 is 11.1 Å². The Kier molecular flexibility index (Phi) is 6.36. The second-order valence-corrected chi connectivity index (χ2v) is 7.48. The second kappa shape index (κ2) is 9.52. The number of aromatic nitrogens is 6. The Balaban J connectivity index is 1.54. The van der Waals surface area contributed by atoms with Gasteiger partial charge in [0.05, 0.1) is 11.3 Å². The van der Waals surface area contributed by atoms with Gasteiger partial charge >= 0.3 is 0 Å². The van der Waals surface area contributed by atoms with Crippen molar-refractivity contribution < 1.29 is 8.78 Å². The number of nitrogens with zero attached hydrogens (tertiary/aromatic N) is 6. The standard InChI is InChI=1S/C21H18F2N8S/c1-2-11-31-18(15-5-3-4-6-16(15)23)29-30-21(31)32-12-17-26-19(24)28-20(27-17)25-14-9-7-13(22)8-10-14/h2-10H,1,11-12H2,(H3,24,25,26,27,28). The average molecular weight is 452 g/mol. The number of hydrogen-bond donors (Lipinski definition) is 2. The normalized spacial score (nSPS) is 10.8. The van der Waals surface area contributed by atoms with Crippen molar-refractivity contribution in [3.05, 3.63) is 78.6 Å². The number of benzene rings is 2. The number of nitrogen functional groups attached to an aromatic ring is 1. The molecule has 3 N–H and O–H groups in total. The highest BCUT2D eigenvalue weighted by Crippen LogP contribution is 2.27. The van der Waals surface area contributed by atoms with Crippen LogP contribution in [0.5, 0.6) is 0 Å². The van der Waals surface area contributed by atoms with Crippen molar-refractivity contribution in [1.29, 1.82) is 0 Å². The number of halogens is 2. The van der Waals surface area contributed by atoms with E-state index in [1.54, 1.807) is 41.0 Å². The quantitative estimate of drug-likeness (QED) is 0.302. The van der Waals surface area contributed by atoms with E-state index in [4.69, 9.17) is 5.73 Å². The molecule has 0 fully saturated rings. The van der Waals surface area contributed by atoms with Crippen LogP contribution in [0.25, 0.3) is 11.4 Å². The molecule has 32 heavy (non-hydrogen) atoms. The van der Waals surface area contributed by atoms with Crippen LogP contribution in [0.4, 0.5) is 26.4 Å². The van der Waals surface area contributed by atoms with Gasteiger partial charge in [-0.1, -0.05) is 30.0 Å². The zero-order valence-corrected chi connectivity index (χ0v) is 17.6. The minimum absolute atomic E-state index is 0.0415. The first-order valence-electron chi connectivity index (χ1n) is 9.48. The van der Waals surface area contributed by atoms with E-state index in [9.17, 15) is 8.78 Å². The molecule has 0 saturated carbocycles. The van der Waals surface area contributed by atoms with E-state index in [2.05, 4.69) is 37.0 Å². The minimum Gasteiger partial charge on any atom is -0.368 e. The van der Waals surface area contributed by atoms with Crippen LogP contribution in [0.1, 0.15) is 5.82 Å². The topological polar surface area (TPSA) is 107 Å². The van der Waals surface area contributed by atoms with E-state index in [0.717, 1.165) is 0 Å². The maximum atomic E-state index is 14.3. The van der Waals surface area contributed by atoms with Gasteiger partial charge in [0.2, 0.25) is 11.9 Å². The molecule has 2 aromatic heterocycles. The smallest absolute Gasteiger partial charge is 0.232 e. The number of anilines is 3. The van der Waals surface area contributed by atoms with Crippen molar-refractivity contribution in [2.75, 3.05) is 11.1 Å². The summed E-state index contributed by atoms with van der Waals surface area (Å²) in [5.74, 6) is 0.674. The predicted octanol–water partition coefficient (Wildman–Crippen LogP) is 4.21. The number of allylic oxidation sites excluding steroid dienone is 1. The third kappa shape index (κ3) is 4.89. The molecule has 8 nitrogen and oxygen atoms in total. The van der Waals surface area contributed by atoms with E-state index in [1.165, 1.54) is 30.0 Å². The fourth-order valence-electron chi connectivity index (χ4n) is 2.88. The maximum absolute atomic E-state index is 14.3. The molecule has 0 aliphatic rings. The highest BCUT2D eigenvalue weighted by atomic mass is 32.2. The number of nitrogens with two attached hydrogens (primary N) is 1. The predicted molar refractivity (Wildman–Crippen MR) is 119 cm³/mol. The average Bonchev–Trinajstić information content (AvgIpc) is 3.16. The molecule has 162 valence electrons. The monoisotopic (exact) mass is 452 g/mol. The lowest BCUT2D eigenvalue weighted by Gasteiger charge is -2.09. The van der Waals surface area contributed by atoms with Crippen LogP contribution in [0.15, 0.2) is 66.3 Å². The Morgan fingerprint density at radius 3 is 2.56 bits per heavy atom. The summed E-state index contributed by atoms with van der Waals surface area (Å²) in [5.41, 5.74) is 6.78. The molecule has 4 rings (SSSR count). The van der Waals surface area contributed by atoms with Gasteiger partial charge in [-0.15, -0.1) is 16.8 Å². The van der Waals surface area contributed by atoms with Crippen LogP contribution >= 0.6 is 11.8 Å². The number of thioether (sulfide) groups is 1. The van der Waals surface area contributed by atoms with Gasteiger partial charge in [0.25, 0.3) is 0 Å². The zero-order valence-electron chi connectivity index (χ0n) is 16.7. The van der Waals surface area contributed by atoms with Crippen LogP contribution < -0.4 is 11.1 Å². The Hall–Kier alpha value is -3.86. The third-order valence-corrected chi connectivity index (χ3v) is 5.24. The Morgan fingerprint density at radius 2 is 1.81 bits per heavy atom. The number of rotatable bonds is 8. The highest BCUT2D eigenvalue weighted by Gasteiger charge is 2.17. The summed E-state index contributed by atoms with van der Waals surface area (Å²) >= 11 is 1.32. The lowest BCUT2D eigenvalue weighted by atomic mass is 10.2. The summed E-state index contributed by atoms with van der Waals surface area (Å²) < 4.78 is 29.1. The number of hydrogen-bond acceptors (Lipinski definition) is 8. The van der Waals surface area contributed by atoms with Gasteiger partial charge in [0.1, 0.15) is 17.5 Å². The molecule has 11 heteroatoms. The van der Waals surface area contributed by atoms with E-state index in [0.29, 0.717) is 40.4 Å². The van der Waals surface area contributed by atoms with E-state index in [1.807, 2.05) is 0 Å². The minimum atomic E-state index is -0.386. The third-order valence-electron chi connectivity index (χ3n) is 4.27. The summed E-state index contributed by atoms with van der Waals surface area (Å²) in [7, 11) is 0. The van der Waals surface area contributed by atoms with Gasteiger partial charge in [-0.25, -0.2) is 8.78 Å². The van der Waals surface area contributed by atoms with Crippen molar-refractivity contribution in [1.82, 2.24) is 29.7 Å². The first-order chi connectivity index (χ1) is 15.5. The fourth-order valence-corrected chi connectivity index (χ4v) is 3.68. The zero-order chi connectivity index (χ0) is 22.5. The molecule has 2 heterocycles. The maximum Gasteiger partial charge on any atom is 0.232 e. The lowest BCUT2D eigenvalue weighted by Crippen LogP contribution is -2.07. The summed E-state index contributed by atoms with van der Waals surface area (Å²) in [6.07, 6.45) is 1.68. The van der Waals surface area contributed by atoms with Crippen molar-refractivity contribution in [2.45, 2.75) is 17.5 Å². The molecule has 0 spiro atoms. The molecule has 0 aliphatic heterocycles. The van der Waals surface area contributed by atoms with Crippen molar-refractivity contribution >= 4 is 29.3 Å². The molecule has 0 saturated heterocycles. The summed E-state index contributed by atoms with van der Waals surface area (Å²) in [4.78, 5) is 12.6. The molecule has 0 bridgehead atoms. The Bertz CT molecular complexity index is 1240. The molecule has 0 aliphatic carbocycles. The molecule has 2 aromatic carbocycles. The first-order valence-corrected chi connectivity index (χ1v) is 10.5. The molecular weight excluding hydrogens is 434 g/mol. The summed E-state index contributed by atoms with van der Waals surface area (Å²) in [6.45, 7) is 4.16. The van der Waals surface area contributed by atoms with Crippen molar-refractivity contribution in [2.24, 2.45) is 0 Å². The van der Waals surface area contributed by atoms with Crippen LogP contribution in [0.2, 0.25) is 0 Å². The van der Waals surface area contributed by atoms with Crippen LogP contribution in [-0.4, -0.2) is 29.7 Å². The molecule has 4 aromatic rings. The summed E-state index contributed by atoms with van der Waals surface area (Å²) in [6, 6.07) is 12.1. The Labute approximate surface area is 186 Å². The summed E-state index contributed by atoms with van der Waals surface area (Å²) in [5, 5.41) is 11.9. The molecule has 0 amide bonds. The van der Waals surface area contributed by atoms with Gasteiger partial charge in [-0.3, -0.25) is 4.57 Å². The van der Waals surface area contributed by atoms with E-state index in [-0.39, 0.29) is 23.5 Å². The van der Waals surface area contributed by atoms with Gasteiger partial charge in [-0.2, -0.15) is 15.0 Å². The number of nitrogens with one attached hydrogen (secondary N) is 1.